The lowest BCUT2D eigenvalue weighted by Crippen LogP contribution is -2.38. The summed E-state index contributed by atoms with van der Waals surface area (Å²) < 4.78 is 4.28. The molecule has 8 heteroatoms. The van der Waals surface area contributed by atoms with Gasteiger partial charge in [-0.05, 0) is 67.2 Å². The molecule has 0 heterocycles. The number of likely N-dealkylation sites (N-methyl/N-ethyl adjacent to an activating group) is 1. The van der Waals surface area contributed by atoms with Gasteiger partial charge in [-0.2, -0.15) is 0 Å². The number of esters is 1. The minimum absolute atomic E-state index is 0.356. The molecule has 0 aromatic heterocycles. The van der Waals surface area contributed by atoms with Gasteiger partial charge < -0.3 is 20.7 Å². The van der Waals surface area contributed by atoms with Crippen molar-refractivity contribution in [3.8, 4) is 0 Å². The highest BCUT2D eigenvalue weighted by Crippen LogP contribution is 2.06. The third-order valence-electron chi connectivity index (χ3n) is 4.41. The third kappa shape index (κ3) is 20.7. The number of ether oxygens (including phenoxy) is 1. The van der Waals surface area contributed by atoms with Crippen molar-refractivity contribution in [3.63, 3.8) is 0 Å². The van der Waals surface area contributed by atoms with Crippen LogP contribution in [0.25, 0.3) is 0 Å². The molecule has 34 heavy (non-hydrogen) atoms. The largest absolute Gasteiger partial charge is 0.462 e. The molecule has 3 amide bonds. The number of nitrogens with one attached hydrogen (secondary N) is 3. The SMILES string of the molecule is CNC(=O)C(=O)NC/C=C(\C)CCC=C(C)C.COC(=O)C(=O)NC/C=C(\C)CCC=C(C)C. The molecule has 0 bridgehead atoms. The van der Waals surface area contributed by atoms with Crippen molar-refractivity contribution >= 4 is 23.7 Å². The van der Waals surface area contributed by atoms with Gasteiger partial charge in [0.05, 0.1) is 7.11 Å². The number of amides is 3. The van der Waals surface area contributed by atoms with E-state index in [1.54, 1.807) is 0 Å². The molecule has 0 unspecified atom stereocenters. The number of methoxy groups -OCH3 is 1. The molecule has 192 valence electrons. The molecule has 0 spiro atoms. The van der Waals surface area contributed by atoms with Gasteiger partial charge in [0.1, 0.15) is 0 Å². The first kappa shape index (κ1) is 33.0. The van der Waals surface area contributed by atoms with Gasteiger partial charge in [0.15, 0.2) is 0 Å². The quantitative estimate of drug-likeness (QED) is 0.253. The van der Waals surface area contributed by atoms with E-state index in [0.717, 1.165) is 25.7 Å². The average Bonchev–Trinajstić information content (AvgIpc) is 2.77. The normalized spacial score (nSPS) is 10.7. The molecule has 0 aliphatic rings. The summed E-state index contributed by atoms with van der Waals surface area (Å²) in [4.78, 5) is 43.8. The molecular formula is C26H43N3O5. The van der Waals surface area contributed by atoms with E-state index in [1.165, 1.54) is 36.4 Å². The first-order valence-corrected chi connectivity index (χ1v) is 11.4. The van der Waals surface area contributed by atoms with Crippen molar-refractivity contribution in [2.45, 2.75) is 67.2 Å². The Bertz CT molecular complexity index is 718. The van der Waals surface area contributed by atoms with E-state index in [0.29, 0.717) is 13.1 Å². The average molecular weight is 478 g/mol. The lowest BCUT2D eigenvalue weighted by Gasteiger charge is -2.02. The maximum absolute atomic E-state index is 11.1. The van der Waals surface area contributed by atoms with E-state index in [4.69, 9.17) is 0 Å². The van der Waals surface area contributed by atoms with E-state index in [9.17, 15) is 19.2 Å². The number of allylic oxidation sites excluding steroid dienone is 6. The summed E-state index contributed by atoms with van der Waals surface area (Å²) >= 11 is 0. The van der Waals surface area contributed by atoms with Crippen molar-refractivity contribution in [2.24, 2.45) is 0 Å². The fourth-order valence-electron chi connectivity index (χ4n) is 2.38. The molecule has 3 N–H and O–H groups in total. The predicted molar refractivity (Wildman–Crippen MR) is 137 cm³/mol. The number of carbonyl (C=O) groups is 4. The maximum atomic E-state index is 11.1. The second-order valence-electron chi connectivity index (χ2n) is 8.23. The molecule has 0 fully saturated rings. The summed E-state index contributed by atoms with van der Waals surface area (Å²) in [7, 11) is 2.62. The summed E-state index contributed by atoms with van der Waals surface area (Å²) in [5.74, 6) is -2.78. The van der Waals surface area contributed by atoms with Crippen LogP contribution in [0.3, 0.4) is 0 Å². The first-order valence-electron chi connectivity index (χ1n) is 11.4. The van der Waals surface area contributed by atoms with Gasteiger partial charge >= 0.3 is 23.7 Å². The zero-order chi connectivity index (χ0) is 26.5. The lowest BCUT2D eigenvalue weighted by atomic mass is 10.1. The van der Waals surface area contributed by atoms with Crippen molar-refractivity contribution in [2.75, 3.05) is 27.2 Å². The van der Waals surface area contributed by atoms with Gasteiger partial charge in [0.2, 0.25) is 0 Å². The zero-order valence-electron chi connectivity index (χ0n) is 22.1. The number of rotatable bonds is 10. The van der Waals surface area contributed by atoms with Crippen molar-refractivity contribution in [3.05, 3.63) is 46.6 Å². The molecule has 0 atom stereocenters. The molecule has 0 aromatic carbocycles. The summed E-state index contributed by atoms with van der Waals surface area (Å²) in [5, 5.41) is 7.25. The Kier molecular flexibility index (Phi) is 19.9. The highest BCUT2D eigenvalue weighted by molar-refractivity contribution is 6.35. The minimum Gasteiger partial charge on any atom is -0.462 e. The Balaban J connectivity index is 0. The van der Waals surface area contributed by atoms with Crippen LogP contribution < -0.4 is 16.0 Å². The smallest absolute Gasteiger partial charge is 0.396 e. The van der Waals surface area contributed by atoms with Crippen LogP contribution in [-0.4, -0.2) is 50.9 Å². The second-order valence-corrected chi connectivity index (χ2v) is 8.23. The second kappa shape index (κ2) is 20.4. The topological polar surface area (TPSA) is 114 Å². The molecule has 0 radical (unpaired) electrons. The van der Waals surface area contributed by atoms with Crippen LogP contribution in [0.5, 0.6) is 0 Å². The number of carbonyl (C=O) groups excluding carboxylic acids is 4. The third-order valence-corrected chi connectivity index (χ3v) is 4.41. The van der Waals surface area contributed by atoms with E-state index >= 15 is 0 Å². The Morgan fingerprint density at radius 2 is 1.06 bits per heavy atom. The predicted octanol–water partition coefficient (Wildman–Crippen LogP) is 3.51. The Labute approximate surface area is 205 Å². The van der Waals surface area contributed by atoms with Gasteiger partial charge in [-0.1, -0.05) is 46.6 Å². The van der Waals surface area contributed by atoms with Crippen LogP contribution in [0, 0.1) is 0 Å². The molecule has 0 rings (SSSR count). The first-order chi connectivity index (χ1) is 15.9. The summed E-state index contributed by atoms with van der Waals surface area (Å²) in [6.45, 7) is 13.0. The summed E-state index contributed by atoms with van der Waals surface area (Å²) in [5.41, 5.74) is 5.01. The standard InChI is InChI=1S/C13H22N2O2.C13H21NO3/c1-10(2)6-5-7-11(3)8-9-15-13(17)12(16)14-4;1-10(2)6-5-7-11(3)8-9-14-12(15)13(16)17-4/h6,8H,5,7,9H2,1-4H3,(H,14,16)(H,15,17);6,8H,5,7,9H2,1-4H3,(H,14,15)/b2*11-8+. The van der Waals surface area contributed by atoms with E-state index in [2.05, 4.69) is 60.5 Å². The van der Waals surface area contributed by atoms with Gasteiger partial charge in [-0.15, -0.1) is 0 Å². The van der Waals surface area contributed by atoms with Gasteiger partial charge in [-0.3, -0.25) is 14.4 Å². The summed E-state index contributed by atoms with van der Waals surface area (Å²) in [6.07, 6.45) is 12.1. The van der Waals surface area contributed by atoms with Gasteiger partial charge in [0, 0.05) is 20.1 Å². The van der Waals surface area contributed by atoms with Crippen molar-refractivity contribution in [1.29, 1.82) is 0 Å². The molecule has 0 aliphatic carbocycles. The zero-order valence-corrected chi connectivity index (χ0v) is 22.1. The number of hydrogen-bond acceptors (Lipinski definition) is 5. The van der Waals surface area contributed by atoms with Crippen molar-refractivity contribution in [1.82, 2.24) is 16.0 Å². The molecule has 0 aliphatic heterocycles. The maximum Gasteiger partial charge on any atom is 0.396 e. The van der Waals surface area contributed by atoms with Crippen molar-refractivity contribution < 1.29 is 23.9 Å². The molecule has 0 saturated carbocycles. The molecule has 8 nitrogen and oxygen atoms in total. The Hall–Kier alpha value is -3.16. The highest BCUT2D eigenvalue weighted by atomic mass is 16.5. The molecular weight excluding hydrogens is 434 g/mol. The molecule has 0 aromatic rings. The van der Waals surface area contributed by atoms with E-state index in [-0.39, 0.29) is 0 Å². The van der Waals surface area contributed by atoms with E-state index in [1.807, 2.05) is 26.0 Å². The highest BCUT2D eigenvalue weighted by Gasteiger charge is 2.11. The van der Waals surface area contributed by atoms with Crippen LogP contribution in [0.2, 0.25) is 0 Å². The van der Waals surface area contributed by atoms with Crippen LogP contribution in [0.15, 0.2) is 46.6 Å². The number of hydrogen-bond donors (Lipinski definition) is 3. The Morgan fingerprint density at radius 1 is 0.647 bits per heavy atom. The van der Waals surface area contributed by atoms with Crippen LogP contribution in [0.4, 0.5) is 0 Å². The van der Waals surface area contributed by atoms with Gasteiger partial charge in [0.25, 0.3) is 0 Å². The fourth-order valence-corrected chi connectivity index (χ4v) is 2.38. The molecule has 0 saturated heterocycles. The van der Waals surface area contributed by atoms with E-state index < -0.39 is 23.7 Å². The van der Waals surface area contributed by atoms with Crippen LogP contribution in [-0.2, 0) is 23.9 Å². The monoisotopic (exact) mass is 477 g/mol. The lowest BCUT2D eigenvalue weighted by molar-refractivity contribution is -0.152. The Morgan fingerprint density at radius 3 is 1.41 bits per heavy atom. The minimum atomic E-state index is -0.861. The summed E-state index contributed by atoms with van der Waals surface area (Å²) in [6, 6.07) is 0. The van der Waals surface area contributed by atoms with Gasteiger partial charge in [-0.25, -0.2) is 4.79 Å². The van der Waals surface area contributed by atoms with Crippen LogP contribution in [0.1, 0.15) is 67.2 Å². The van der Waals surface area contributed by atoms with Crippen LogP contribution >= 0.6 is 0 Å². The fraction of sp³-hybridized carbons (Fsp3) is 0.538.